The van der Waals surface area contributed by atoms with Crippen LogP contribution in [0.5, 0.6) is 0 Å². The predicted molar refractivity (Wildman–Crippen MR) is 131 cm³/mol. The maximum absolute atomic E-state index is 14.6. The number of fused-ring (bicyclic) bond motifs is 1. The number of benzene rings is 2. The molecule has 5 rings (SSSR count). The molecule has 0 unspecified atom stereocenters. The van der Waals surface area contributed by atoms with Crippen LogP contribution in [0, 0.1) is 12.7 Å². The van der Waals surface area contributed by atoms with Gasteiger partial charge in [-0.05, 0) is 44.0 Å². The van der Waals surface area contributed by atoms with Gasteiger partial charge in [-0.1, -0.05) is 48.0 Å². The minimum absolute atomic E-state index is 0.350. The Bertz CT molecular complexity index is 1320. The molecule has 0 aliphatic carbocycles. The topological polar surface area (TPSA) is 92.5 Å². The van der Waals surface area contributed by atoms with Crippen molar-refractivity contribution in [2.24, 2.45) is 4.40 Å². The van der Waals surface area contributed by atoms with Crippen LogP contribution in [0.2, 0.25) is 0 Å². The van der Waals surface area contributed by atoms with Gasteiger partial charge in [-0.25, -0.2) is 4.39 Å². The third-order valence-electron chi connectivity index (χ3n) is 5.93. The number of rotatable bonds is 5. The van der Waals surface area contributed by atoms with Crippen LogP contribution in [-0.2, 0) is 10.2 Å². The summed E-state index contributed by atoms with van der Waals surface area (Å²) in [5.41, 5.74) is 2.25. The van der Waals surface area contributed by atoms with Gasteiger partial charge in [-0.3, -0.25) is 4.57 Å². The van der Waals surface area contributed by atoms with E-state index in [1.165, 1.54) is 17.8 Å². The molecule has 1 N–H and O–H groups in total. The number of aromatic nitrogens is 3. The lowest BCUT2D eigenvalue weighted by molar-refractivity contribution is 0.310. The lowest BCUT2D eigenvalue weighted by Crippen LogP contribution is -2.55. The summed E-state index contributed by atoms with van der Waals surface area (Å²) in [5.74, 6) is 1.03. The fourth-order valence-corrected chi connectivity index (χ4v) is 6.41. The third kappa shape index (κ3) is 4.73. The first kappa shape index (κ1) is 23.0. The van der Waals surface area contributed by atoms with E-state index in [9.17, 15) is 12.8 Å². The second-order valence-electron chi connectivity index (χ2n) is 8.39. The molecule has 1 fully saturated rings. The molecule has 2 aliphatic rings. The van der Waals surface area contributed by atoms with Crippen LogP contribution in [0.15, 0.2) is 58.1 Å². The van der Waals surface area contributed by atoms with Crippen molar-refractivity contribution < 1.29 is 12.8 Å². The zero-order valence-electron chi connectivity index (χ0n) is 18.7. The molecule has 34 heavy (non-hydrogen) atoms. The number of aryl methyl sites for hydroxylation is 1. The quantitative estimate of drug-likeness (QED) is 0.534. The standard InChI is InChI=1S/C23H25FN6O2S2/c1-16-10-12-17(13-11-16)30-22(18-7-4-5-8-19(18)24)25-26-23(30)33-15-21-28-34(31,32)27-20-9-3-2-6-14-29(20)21/h4-5,7-8,10-13,21,28H,2-3,6,9,14-15H2,1H3/t21-/m0/s1. The molecular weight excluding hydrogens is 475 g/mol. The zero-order chi connectivity index (χ0) is 23.7. The van der Waals surface area contributed by atoms with Crippen molar-refractivity contribution in [2.45, 2.75) is 43.9 Å². The number of halogens is 1. The summed E-state index contributed by atoms with van der Waals surface area (Å²) in [6, 6.07) is 14.3. The van der Waals surface area contributed by atoms with E-state index in [0.29, 0.717) is 34.6 Å². The summed E-state index contributed by atoms with van der Waals surface area (Å²) in [5, 5.41) is 9.23. The molecule has 2 aliphatic heterocycles. The minimum Gasteiger partial charge on any atom is -0.342 e. The molecule has 11 heteroatoms. The van der Waals surface area contributed by atoms with Crippen molar-refractivity contribution in [1.82, 2.24) is 24.4 Å². The van der Waals surface area contributed by atoms with E-state index in [1.54, 1.807) is 18.2 Å². The Morgan fingerprint density at radius 3 is 2.68 bits per heavy atom. The third-order valence-corrected chi connectivity index (χ3v) is 7.95. The second-order valence-corrected chi connectivity index (χ2v) is 10.7. The summed E-state index contributed by atoms with van der Waals surface area (Å²) in [4.78, 5) is 2.05. The molecule has 0 radical (unpaired) electrons. The Hall–Kier alpha value is -2.76. The first-order chi connectivity index (χ1) is 16.4. The van der Waals surface area contributed by atoms with E-state index in [0.717, 1.165) is 37.1 Å². The Balaban J connectivity index is 1.49. The highest BCUT2D eigenvalue weighted by molar-refractivity contribution is 7.99. The number of nitrogens with zero attached hydrogens (tertiary/aromatic N) is 5. The maximum Gasteiger partial charge on any atom is 0.323 e. The minimum atomic E-state index is -3.74. The van der Waals surface area contributed by atoms with E-state index >= 15 is 0 Å². The second kappa shape index (κ2) is 9.47. The fourth-order valence-electron chi connectivity index (χ4n) is 4.23. The molecule has 1 saturated heterocycles. The molecule has 178 valence electrons. The number of thioether (sulfide) groups is 1. The largest absolute Gasteiger partial charge is 0.342 e. The summed E-state index contributed by atoms with van der Waals surface area (Å²) < 4.78 is 47.8. The summed E-state index contributed by atoms with van der Waals surface area (Å²) in [7, 11) is -3.74. The van der Waals surface area contributed by atoms with E-state index in [-0.39, 0.29) is 5.82 Å². The van der Waals surface area contributed by atoms with Crippen LogP contribution in [0.4, 0.5) is 4.39 Å². The first-order valence-electron chi connectivity index (χ1n) is 11.2. The molecule has 0 saturated carbocycles. The molecule has 0 spiro atoms. The van der Waals surface area contributed by atoms with Gasteiger partial charge in [0.15, 0.2) is 11.0 Å². The Kier molecular flexibility index (Phi) is 6.41. The smallest absolute Gasteiger partial charge is 0.323 e. The average molecular weight is 501 g/mol. The fraction of sp³-hybridized carbons (Fsp3) is 0.348. The Labute approximate surface area is 202 Å². The number of hydrogen-bond acceptors (Lipinski definition) is 6. The molecule has 1 atom stereocenters. The first-order valence-corrected chi connectivity index (χ1v) is 13.6. The van der Waals surface area contributed by atoms with E-state index < -0.39 is 16.4 Å². The van der Waals surface area contributed by atoms with Crippen LogP contribution in [-0.4, -0.2) is 52.4 Å². The van der Waals surface area contributed by atoms with Crippen LogP contribution in [0.3, 0.4) is 0 Å². The molecule has 8 nitrogen and oxygen atoms in total. The molecule has 2 aromatic carbocycles. The van der Waals surface area contributed by atoms with Gasteiger partial charge in [0.25, 0.3) is 0 Å². The van der Waals surface area contributed by atoms with Gasteiger partial charge in [0, 0.05) is 24.4 Å². The van der Waals surface area contributed by atoms with Crippen molar-refractivity contribution in [1.29, 1.82) is 0 Å². The van der Waals surface area contributed by atoms with Gasteiger partial charge in [0.05, 0.1) is 5.56 Å². The maximum atomic E-state index is 14.6. The number of amidine groups is 1. The van der Waals surface area contributed by atoms with Gasteiger partial charge < -0.3 is 4.90 Å². The summed E-state index contributed by atoms with van der Waals surface area (Å²) in [6.45, 7) is 2.75. The van der Waals surface area contributed by atoms with Crippen molar-refractivity contribution in [3.63, 3.8) is 0 Å². The van der Waals surface area contributed by atoms with Crippen LogP contribution < -0.4 is 4.72 Å². The number of hydrogen-bond donors (Lipinski definition) is 1. The molecule has 0 amide bonds. The van der Waals surface area contributed by atoms with Crippen LogP contribution >= 0.6 is 11.8 Å². The van der Waals surface area contributed by atoms with E-state index in [4.69, 9.17) is 0 Å². The molecule has 3 aromatic rings. The SMILES string of the molecule is Cc1ccc(-n2c(SC[C@H]3NS(=O)(=O)N=C4CCCCCN43)nnc2-c2ccccc2F)cc1. The lowest BCUT2D eigenvalue weighted by Gasteiger charge is -2.35. The summed E-state index contributed by atoms with van der Waals surface area (Å²) in [6.07, 6.45) is 3.17. The molecular formula is C23H25FN6O2S2. The highest BCUT2D eigenvalue weighted by atomic mass is 32.2. The van der Waals surface area contributed by atoms with Gasteiger partial charge >= 0.3 is 10.2 Å². The monoisotopic (exact) mass is 500 g/mol. The van der Waals surface area contributed by atoms with Crippen molar-refractivity contribution >= 4 is 27.8 Å². The van der Waals surface area contributed by atoms with Crippen LogP contribution in [0.1, 0.15) is 31.2 Å². The number of nitrogens with one attached hydrogen (secondary N) is 1. The predicted octanol–water partition coefficient (Wildman–Crippen LogP) is 3.92. The van der Waals surface area contributed by atoms with E-state index in [2.05, 4.69) is 19.3 Å². The van der Waals surface area contributed by atoms with Gasteiger partial charge in [0.1, 0.15) is 17.8 Å². The Morgan fingerprint density at radius 2 is 1.88 bits per heavy atom. The van der Waals surface area contributed by atoms with Crippen LogP contribution in [0.25, 0.3) is 17.1 Å². The van der Waals surface area contributed by atoms with Crippen molar-refractivity contribution in [2.75, 3.05) is 12.3 Å². The van der Waals surface area contributed by atoms with Crippen molar-refractivity contribution in [3.05, 3.63) is 59.9 Å². The normalized spacial score (nSPS) is 19.9. The Morgan fingerprint density at radius 1 is 1.09 bits per heavy atom. The van der Waals surface area contributed by atoms with Gasteiger partial charge in [0.2, 0.25) is 0 Å². The van der Waals surface area contributed by atoms with E-state index in [1.807, 2.05) is 40.7 Å². The van der Waals surface area contributed by atoms with Crippen molar-refractivity contribution in [3.8, 4) is 17.1 Å². The highest BCUT2D eigenvalue weighted by Crippen LogP contribution is 2.31. The zero-order valence-corrected chi connectivity index (χ0v) is 20.3. The molecule has 1 aromatic heterocycles. The van der Waals surface area contributed by atoms with Gasteiger partial charge in [-0.2, -0.15) is 13.1 Å². The highest BCUT2D eigenvalue weighted by Gasteiger charge is 2.33. The van der Waals surface area contributed by atoms with Gasteiger partial charge in [-0.15, -0.1) is 14.6 Å². The molecule has 0 bridgehead atoms. The summed E-state index contributed by atoms with van der Waals surface area (Å²) >= 11 is 1.38. The molecule has 3 heterocycles. The average Bonchev–Trinajstić information content (AvgIpc) is 3.08. The lowest BCUT2D eigenvalue weighted by atomic mass is 10.2.